The zero-order valence-corrected chi connectivity index (χ0v) is 11.8. The van der Waals surface area contributed by atoms with Crippen LogP contribution in [0.4, 0.5) is 4.39 Å². The Kier molecular flexibility index (Phi) is 5.16. The van der Waals surface area contributed by atoms with Crippen LogP contribution >= 0.6 is 0 Å². The molecule has 0 fully saturated rings. The third-order valence-corrected chi connectivity index (χ3v) is 3.32. The van der Waals surface area contributed by atoms with E-state index >= 15 is 0 Å². The molecule has 0 N–H and O–H groups in total. The number of carbonyl (C=O) groups is 1. The zero-order valence-electron chi connectivity index (χ0n) is 11.8. The zero-order chi connectivity index (χ0) is 14.4. The predicted molar refractivity (Wildman–Crippen MR) is 77.0 cm³/mol. The summed E-state index contributed by atoms with van der Waals surface area (Å²) in [5.74, 6) is -0.320. The Balaban J connectivity index is 1.77. The predicted octanol–water partition coefficient (Wildman–Crippen LogP) is 3.90. The van der Waals surface area contributed by atoms with Crippen LogP contribution < -0.4 is 0 Å². The monoisotopic (exact) mass is 277 g/mol. The van der Waals surface area contributed by atoms with Crippen LogP contribution in [-0.2, 0) is 16.1 Å². The lowest BCUT2D eigenvalue weighted by atomic mass is 10.2. The number of unbranched alkanes of at least 4 members (excludes halogenated alkanes) is 2. The molecule has 0 spiro atoms. The number of nitrogens with zero attached hydrogens (tertiary/aromatic N) is 1. The Labute approximate surface area is 118 Å². The van der Waals surface area contributed by atoms with Crippen molar-refractivity contribution < 1.29 is 13.9 Å². The smallest absolute Gasteiger partial charge is 0.305 e. The third kappa shape index (κ3) is 3.83. The number of rotatable bonds is 7. The summed E-state index contributed by atoms with van der Waals surface area (Å²) in [5.41, 5.74) is 1.05. The minimum Gasteiger partial charge on any atom is -0.466 e. The summed E-state index contributed by atoms with van der Waals surface area (Å²) in [7, 11) is 0. The number of esters is 1. The molecule has 2 rings (SSSR count). The van der Waals surface area contributed by atoms with Crippen LogP contribution in [0.25, 0.3) is 10.9 Å². The maximum Gasteiger partial charge on any atom is 0.305 e. The first-order valence-corrected chi connectivity index (χ1v) is 7.10. The molecule has 0 saturated carbocycles. The molecule has 20 heavy (non-hydrogen) atoms. The first-order valence-electron chi connectivity index (χ1n) is 7.10. The Morgan fingerprint density at radius 3 is 2.90 bits per heavy atom. The molecule has 0 aliphatic carbocycles. The summed E-state index contributed by atoms with van der Waals surface area (Å²) in [6.07, 6.45) is 5.31. The molecule has 0 radical (unpaired) electrons. The summed E-state index contributed by atoms with van der Waals surface area (Å²) >= 11 is 0. The summed E-state index contributed by atoms with van der Waals surface area (Å²) in [4.78, 5) is 11.2. The summed E-state index contributed by atoms with van der Waals surface area (Å²) < 4.78 is 20.1. The molecular weight excluding hydrogens is 257 g/mol. The SMILES string of the molecule is CCOC(=O)CCCCCn1ccc2cc(F)ccc21. The highest BCUT2D eigenvalue weighted by atomic mass is 19.1. The van der Waals surface area contributed by atoms with E-state index in [1.54, 1.807) is 6.07 Å². The minimum atomic E-state index is -0.204. The summed E-state index contributed by atoms with van der Waals surface area (Å²) in [6.45, 7) is 3.15. The molecule has 2 aromatic rings. The van der Waals surface area contributed by atoms with Gasteiger partial charge in [-0.2, -0.15) is 0 Å². The second kappa shape index (κ2) is 7.08. The van der Waals surface area contributed by atoms with E-state index in [4.69, 9.17) is 4.74 Å². The Hall–Kier alpha value is -1.84. The second-order valence-corrected chi connectivity index (χ2v) is 4.83. The maximum atomic E-state index is 13.1. The maximum absolute atomic E-state index is 13.1. The largest absolute Gasteiger partial charge is 0.466 e. The van der Waals surface area contributed by atoms with Gasteiger partial charge in [0.05, 0.1) is 6.61 Å². The number of ether oxygens (including phenoxy) is 1. The lowest BCUT2D eigenvalue weighted by Gasteiger charge is -2.05. The highest BCUT2D eigenvalue weighted by Gasteiger charge is 2.03. The molecule has 1 aromatic carbocycles. The van der Waals surface area contributed by atoms with Gasteiger partial charge < -0.3 is 9.30 Å². The van der Waals surface area contributed by atoms with Crippen LogP contribution in [0.2, 0.25) is 0 Å². The van der Waals surface area contributed by atoms with E-state index in [1.807, 2.05) is 25.3 Å². The number of aromatic nitrogens is 1. The van der Waals surface area contributed by atoms with Crippen molar-refractivity contribution in [1.82, 2.24) is 4.57 Å². The number of halogens is 1. The third-order valence-electron chi connectivity index (χ3n) is 3.32. The van der Waals surface area contributed by atoms with Crippen molar-refractivity contribution in [3.05, 3.63) is 36.3 Å². The van der Waals surface area contributed by atoms with Crippen LogP contribution in [0.15, 0.2) is 30.5 Å². The van der Waals surface area contributed by atoms with Gasteiger partial charge in [0.15, 0.2) is 0 Å². The van der Waals surface area contributed by atoms with Crippen molar-refractivity contribution in [2.75, 3.05) is 6.61 Å². The average Bonchev–Trinajstić information content (AvgIpc) is 2.81. The van der Waals surface area contributed by atoms with Crippen LogP contribution in [0.1, 0.15) is 32.6 Å². The van der Waals surface area contributed by atoms with E-state index in [0.29, 0.717) is 13.0 Å². The quantitative estimate of drug-likeness (QED) is 0.567. The van der Waals surface area contributed by atoms with E-state index < -0.39 is 0 Å². The van der Waals surface area contributed by atoms with E-state index in [1.165, 1.54) is 6.07 Å². The Bertz CT molecular complexity index is 577. The van der Waals surface area contributed by atoms with Gasteiger partial charge in [-0.1, -0.05) is 6.42 Å². The van der Waals surface area contributed by atoms with Gasteiger partial charge >= 0.3 is 5.97 Å². The van der Waals surface area contributed by atoms with Gasteiger partial charge in [-0.05, 0) is 44.0 Å². The molecule has 0 saturated heterocycles. The fraction of sp³-hybridized carbons (Fsp3) is 0.438. The molecule has 4 heteroatoms. The second-order valence-electron chi connectivity index (χ2n) is 4.83. The van der Waals surface area contributed by atoms with Crippen molar-refractivity contribution in [2.24, 2.45) is 0 Å². The molecule has 0 atom stereocenters. The van der Waals surface area contributed by atoms with Gasteiger partial charge in [-0.3, -0.25) is 4.79 Å². The van der Waals surface area contributed by atoms with E-state index in [2.05, 4.69) is 4.57 Å². The van der Waals surface area contributed by atoms with Gasteiger partial charge in [-0.25, -0.2) is 4.39 Å². The van der Waals surface area contributed by atoms with Gasteiger partial charge in [0, 0.05) is 30.1 Å². The number of fused-ring (bicyclic) bond motifs is 1. The first kappa shape index (κ1) is 14.6. The number of carbonyl (C=O) groups excluding carboxylic acids is 1. The number of aryl methyl sites for hydroxylation is 1. The summed E-state index contributed by atoms with van der Waals surface area (Å²) in [5, 5.41) is 0.927. The Morgan fingerprint density at radius 2 is 2.10 bits per heavy atom. The van der Waals surface area contributed by atoms with Crippen LogP contribution in [0.3, 0.4) is 0 Å². The average molecular weight is 277 g/mol. The van der Waals surface area contributed by atoms with Crippen LogP contribution in [-0.4, -0.2) is 17.1 Å². The van der Waals surface area contributed by atoms with Crippen LogP contribution in [0, 0.1) is 5.82 Å². The fourth-order valence-electron chi connectivity index (χ4n) is 2.33. The molecule has 0 aliphatic heterocycles. The molecule has 0 amide bonds. The van der Waals surface area contributed by atoms with Crippen molar-refractivity contribution in [1.29, 1.82) is 0 Å². The topological polar surface area (TPSA) is 31.2 Å². The normalized spacial score (nSPS) is 10.9. The standard InChI is InChI=1S/C16H20FNO2/c1-2-20-16(19)6-4-3-5-10-18-11-9-13-12-14(17)7-8-15(13)18/h7-9,11-12H,2-6,10H2,1H3. The number of hydrogen-bond donors (Lipinski definition) is 0. The molecule has 0 unspecified atom stereocenters. The molecule has 1 aromatic heterocycles. The molecule has 108 valence electrons. The van der Waals surface area contributed by atoms with Gasteiger partial charge in [0.2, 0.25) is 0 Å². The lowest BCUT2D eigenvalue weighted by molar-refractivity contribution is -0.143. The molecule has 0 aliphatic rings. The lowest BCUT2D eigenvalue weighted by Crippen LogP contribution is -2.03. The Morgan fingerprint density at radius 1 is 1.25 bits per heavy atom. The summed E-state index contributed by atoms with van der Waals surface area (Å²) in [6, 6.07) is 6.77. The van der Waals surface area contributed by atoms with Crippen molar-refractivity contribution in [3.63, 3.8) is 0 Å². The first-order chi connectivity index (χ1) is 9.70. The highest BCUT2D eigenvalue weighted by Crippen LogP contribution is 2.18. The van der Waals surface area contributed by atoms with E-state index in [0.717, 1.165) is 36.7 Å². The highest BCUT2D eigenvalue weighted by molar-refractivity contribution is 5.80. The number of hydrogen-bond acceptors (Lipinski definition) is 2. The van der Waals surface area contributed by atoms with Crippen molar-refractivity contribution in [2.45, 2.75) is 39.2 Å². The van der Waals surface area contributed by atoms with Crippen molar-refractivity contribution >= 4 is 16.9 Å². The molecular formula is C16H20FNO2. The van der Waals surface area contributed by atoms with Gasteiger partial charge in [-0.15, -0.1) is 0 Å². The van der Waals surface area contributed by atoms with E-state index in [-0.39, 0.29) is 11.8 Å². The fourth-order valence-corrected chi connectivity index (χ4v) is 2.33. The van der Waals surface area contributed by atoms with Gasteiger partial charge in [0.25, 0.3) is 0 Å². The molecule has 1 heterocycles. The van der Waals surface area contributed by atoms with Gasteiger partial charge in [0.1, 0.15) is 5.82 Å². The molecule has 3 nitrogen and oxygen atoms in total. The van der Waals surface area contributed by atoms with Crippen LogP contribution in [0.5, 0.6) is 0 Å². The number of benzene rings is 1. The minimum absolute atomic E-state index is 0.116. The van der Waals surface area contributed by atoms with Crippen molar-refractivity contribution in [3.8, 4) is 0 Å². The molecule has 0 bridgehead atoms. The van der Waals surface area contributed by atoms with E-state index in [9.17, 15) is 9.18 Å².